The van der Waals surface area contributed by atoms with Crippen LogP contribution in [0.25, 0.3) is 0 Å². The van der Waals surface area contributed by atoms with Crippen LogP contribution in [0.1, 0.15) is 49.5 Å². The van der Waals surface area contributed by atoms with Crippen molar-refractivity contribution in [2.45, 2.75) is 40.2 Å². The first-order valence-electron chi connectivity index (χ1n) is 9.08. The standard InChI is InChI=1S/C19H30N4O.HI/c1-4-20-19(21-13-15-7-8-15)22-14-16-9-11-17(12-10-16)18(24)23(5-2)6-3;/h9-12,15H,4-8,13-14H2,1-3H3,(H2,20,21,22);1H. The van der Waals surface area contributed by atoms with Crippen molar-refractivity contribution in [1.82, 2.24) is 15.5 Å². The van der Waals surface area contributed by atoms with E-state index in [1.807, 2.05) is 43.0 Å². The summed E-state index contributed by atoms with van der Waals surface area (Å²) in [5, 5.41) is 6.66. The first-order chi connectivity index (χ1) is 11.7. The van der Waals surface area contributed by atoms with Gasteiger partial charge < -0.3 is 15.5 Å². The Labute approximate surface area is 168 Å². The van der Waals surface area contributed by atoms with Gasteiger partial charge in [0.15, 0.2) is 5.96 Å². The van der Waals surface area contributed by atoms with Gasteiger partial charge in [0.05, 0.1) is 6.54 Å². The third-order valence-corrected chi connectivity index (χ3v) is 4.27. The van der Waals surface area contributed by atoms with Crippen LogP contribution in [0.2, 0.25) is 0 Å². The van der Waals surface area contributed by atoms with Gasteiger partial charge in [0.1, 0.15) is 0 Å². The van der Waals surface area contributed by atoms with Gasteiger partial charge in [-0.25, -0.2) is 4.99 Å². The number of rotatable bonds is 8. The first kappa shape index (κ1) is 21.7. The summed E-state index contributed by atoms with van der Waals surface area (Å²) in [5.41, 5.74) is 1.85. The lowest BCUT2D eigenvalue weighted by atomic mass is 10.1. The van der Waals surface area contributed by atoms with Crippen LogP contribution < -0.4 is 10.6 Å². The molecule has 6 heteroatoms. The van der Waals surface area contributed by atoms with Gasteiger partial charge in [0.2, 0.25) is 0 Å². The van der Waals surface area contributed by atoms with E-state index in [2.05, 4.69) is 22.5 Å². The smallest absolute Gasteiger partial charge is 0.253 e. The zero-order valence-electron chi connectivity index (χ0n) is 15.5. The normalized spacial score (nSPS) is 13.8. The molecule has 1 aliphatic carbocycles. The van der Waals surface area contributed by atoms with Gasteiger partial charge in [-0.1, -0.05) is 12.1 Å². The molecule has 0 saturated heterocycles. The lowest BCUT2D eigenvalue weighted by Crippen LogP contribution is -2.38. The van der Waals surface area contributed by atoms with E-state index in [1.54, 1.807) is 0 Å². The number of guanidine groups is 1. The van der Waals surface area contributed by atoms with Gasteiger partial charge in [-0.3, -0.25) is 4.79 Å². The minimum atomic E-state index is 0. The molecule has 0 bridgehead atoms. The molecule has 0 spiro atoms. The number of hydrogen-bond donors (Lipinski definition) is 2. The predicted molar refractivity (Wildman–Crippen MR) is 115 cm³/mol. The molecule has 0 unspecified atom stereocenters. The van der Waals surface area contributed by atoms with Gasteiger partial charge in [-0.2, -0.15) is 0 Å². The van der Waals surface area contributed by atoms with Crippen molar-refractivity contribution in [1.29, 1.82) is 0 Å². The van der Waals surface area contributed by atoms with Gasteiger partial charge >= 0.3 is 0 Å². The van der Waals surface area contributed by atoms with E-state index < -0.39 is 0 Å². The molecular weight excluding hydrogens is 427 g/mol. The van der Waals surface area contributed by atoms with Crippen molar-refractivity contribution in [3.63, 3.8) is 0 Å². The highest BCUT2D eigenvalue weighted by molar-refractivity contribution is 14.0. The number of nitrogens with one attached hydrogen (secondary N) is 2. The average molecular weight is 458 g/mol. The van der Waals surface area contributed by atoms with E-state index in [0.29, 0.717) is 6.54 Å². The molecule has 1 fully saturated rings. The van der Waals surface area contributed by atoms with Gasteiger partial charge in [-0.05, 0) is 57.2 Å². The Bertz CT molecular complexity index is 551. The molecule has 1 aromatic carbocycles. The lowest BCUT2D eigenvalue weighted by molar-refractivity contribution is 0.0773. The second-order valence-electron chi connectivity index (χ2n) is 6.19. The van der Waals surface area contributed by atoms with E-state index in [4.69, 9.17) is 0 Å². The van der Waals surface area contributed by atoms with Gasteiger partial charge in [0.25, 0.3) is 5.91 Å². The maximum absolute atomic E-state index is 12.3. The SMILES string of the molecule is CCNC(=NCc1ccc(C(=O)N(CC)CC)cc1)NCC1CC1.I. The quantitative estimate of drug-likeness (QED) is 0.357. The zero-order chi connectivity index (χ0) is 17.4. The summed E-state index contributed by atoms with van der Waals surface area (Å²) in [6.07, 6.45) is 2.66. The fourth-order valence-corrected chi connectivity index (χ4v) is 2.52. The number of carbonyl (C=O) groups is 1. The molecule has 140 valence electrons. The summed E-state index contributed by atoms with van der Waals surface area (Å²) < 4.78 is 0. The average Bonchev–Trinajstić information content (AvgIpc) is 3.43. The number of halogens is 1. The number of benzene rings is 1. The Morgan fingerprint density at radius 2 is 1.76 bits per heavy atom. The monoisotopic (exact) mass is 458 g/mol. The molecule has 2 N–H and O–H groups in total. The summed E-state index contributed by atoms with van der Waals surface area (Å²) in [6.45, 7) is 10.0. The van der Waals surface area contributed by atoms with Crippen LogP contribution in [-0.4, -0.2) is 42.9 Å². The first-order valence-corrected chi connectivity index (χ1v) is 9.08. The molecule has 0 aromatic heterocycles. The van der Waals surface area contributed by atoms with Crippen LogP contribution >= 0.6 is 24.0 Å². The second-order valence-corrected chi connectivity index (χ2v) is 6.19. The Balaban J connectivity index is 0.00000312. The minimum absolute atomic E-state index is 0. The van der Waals surface area contributed by atoms with E-state index in [0.717, 1.165) is 49.2 Å². The summed E-state index contributed by atoms with van der Waals surface area (Å²) in [7, 11) is 0. The highest BCUT2D eigenvalue weighted by atomic mass is 127. The third-order valence-electron chi connectivity index (χ3n) is 4.27. The number of hydrogen-bond acceptors (Lipinski definition) is 2. The fourth-order valence-electron chi connectivity index (χ4n) is 2.52. The molecule has 0 atom stereocenters. The van der Waals surface area contributed by atoms with Gasteiger partial charge in [-0.15, -0.1) is 24.0 Å². The predicted octanol–water partition coefficient (Wildman–Crippen LogP) is 3.25. The van der Waals surface area contributed by atoms with E-state index in [1.165, 1.54) is 12.8 Å². The highest BCUT2D eigenvalue weighted by Gasteiger charge is 2.21. The van der Waals surface area contributed by atoms with Crippen LogP contribution in [0.4, 0.5) is 0 Å². The van der Waals surface area contributed by atoms with Crippen molar-refractivity contribution < 1.29 is 4.79 Å². The Kier molecular flexibility index (Phi) is 9.85. The van der Waals surface area contributed by atoms with E-state index in [-0.39, 0.29) is 29.9 Å². The largest absolute Gasteiger partial charge is 0.357 e. The molecule has 0 heterocycles. The Morgan fingerprint density at radius 1 is 1.12 bits per heavy atom. The number of aliphatic imine (C=N–C) groups is 1. The van der Waals surface area contributed by atoms with Crippen LogP contribution in [0.5, 0.6) is 0 Å². The Morgan fingerprint density at radius 3 is 2.28 bits per heavy atom. The summed E-state index contributed by atoms with van der Waals surface area (Å²) in [6, 6.07) is 7.78. The van der Waals surface area contributed by atoms with Crippen molar-refractivity contribution in [2.75, 3.05) is 26.2 Å². The molecule has 5 nitrogen and oxygen atoms in total. The van der Waals surface area contributed by atoms with E-state index in [9.17, 15) is 4.79 Å². The molecule has 2 rings (SSSR count). The Hall–Kier alpha value is -1.31. The molecule has 1 saturated carbocycles. The van der Waals surface area contributed by atoms with Crippen molar-refractivity contribution in [3.05, 3.63) is 35.4 Å². The van der Waals surface area contributed by atoms with Crippen molar-refractivity contribution in [3.8, 4) is 0 Å². The lowest BCUT2D eigenvalue weighted by Gasteiger charge is -2.18. The third kappa shape index (κ3) is 7.22. The summed E-state index contributed by atoms with van der Waals surface area (Å²) in [5.74, 6) is 1.78. The van der Waals surface area contributed by atoms with Gasteiger partial charge in [0, 0.05) is 31.7 Å². The maximum Gasteiger partial charge on any atom is 0.253 e. The summed E-state index contributed by atoms with van der Waals surface area (Å²) in [4.78, 5) is 18.8. The molecule has 1 amide bonds. The maximum atomic E-state index is 12.3. The molecule has 25 heavy (non-hydrogen) atoms. The van der Waals surface area contributed by atoms with Crippen molar-refractivity contribution >= 4 is 35.8 Å². The van der Waals surface area contributed by atoms with Crippen LogP contribution in [0, 0.1) is 5.92 Å². The number of amides is 1. The topological polar surface area (TPSA) is 56.7 Å². The molecule has 0 radical (unpaired) electrons. The number of carbonyl (C=O) groups excluding carboxylic acids is 1. The van der Waals surface area contributed by atoms with E-state index >= 15 is 0 Å². The van der Waals surface area contributed by atoms with Crippen molar-refractivity contribution in [2.24, 2.45) is 10.9 Å². The molecule has 0 aliphatic heterocycles. The highest BCUT2D eigenvalue weighted by Crippen LogP contribution is 2.27. The fraction of sp³-hybridized carbons (Fsp3) is 0.579. The van der Waals surface area contributed by atoms with Crippen LogP contribution in [0.15, 0.2) is 29.3 Å². The van der Waals surface area contributed by atoms with Crippen LogP contribution in [-0.2, 0) is 6.54 Å². The number of nitrogens with zero attached hydrogens (tertiary/aromatic N) is 2. The molecular formula is C19H31IN4O. The molecule has 1 aromatic rings. The zero-order valence-corrected chi connectivity index (χ0v) is 17.9. The van der Waals surface area contributed by atoms with Crippen LogP contribution in [0.3, 0.4) is 0 Å². The summed E-state index contributed by atoms with van der Waals surface area (Å²) >= 11 is 0. The molecule has 1 aliphatic rings. The second kappa shape index (κ2) is 11.3. The minimum Gasteiger partial charge on any atom is -0.357 e.